The topological polar surface area (TPSA) is 65.7 Å². The van der Waals surface area contributed by atoms with E-state index in [-0.39, 0.29) is 6.04 Å². The lowest BCUT2D eigenvalue weighted by atomic mass is 10.2. The zero-order valence-corrected chi connectivity index (χ0v) is 15.7. The number of aromatic nitrogens is 1. The van der Waals surface area contributed by atoms with Gasteiger partial charge in [0.2, 0.25) is 0 Å². The van der Waals surface area contributed by atoms with E-state index < -0.39 is 0 Å². The first-order chi connectivity index (χ1) is 11.6. The van der Waals surface area contributed by atoms with Crippen molar-refractivity contribution in [1.29, 1.82) is 0 Å². The van der Waals surface area contributed by atoms with Crippen molar-refractivity contribution in [3.05, 3.63) is 40.2 Å². The number of thiazole rings is 1. The van der Waals surface area contributed by atoms with Crippen LogP contribution in [-0.2, 0) is 12.8 Å². The highest BCUT2D eigenvalue weighted by Gasteiger charge is 2.17. The standard InChI is InChI=1S/C17H27N5OS/c1-5-13-11-20-16(24-13)8-9-19-17(18-2)21-12-14(22(3)4)15-7-6-10-23-15/h6-7,10-11,14H,5,8-9,12H2,1-4H3,(H2,18,19,21). The van der Waals surface area contributed by atoms with Crippen LogP contribution in [0.4, 0.5) is 0 Å². The first-order valence-corrected chi connectivity index (χ1v) is 9.03. The first-order valence-electron chi connectivity index (χ1n) is 8.22. The van der Waals surface area contributed by atoms with Crippen molar-refractivity contribution in [2.75, 3.05) is 34.2 Å². The highest BCUT2D eigenvalue weighted by molar-refractivity contribution is 7.11. The maximum absolute atomic E-state index is 5.53. The molecule has 0 saturated carbocycles. The Hall–Kier alpha value is -1.86. The third-order valence-electron chi connectivity index (χ3n) is 3.76. The van der Waals surface area contributed by atoms with Crippen LogP contribution in [0.25, 0.3) is 0 Å². The minimum Gasteiger partial charge on any atom is -0.468 e. The third kappa shape index (κ3) is 5.35. The number of aliphatic imine (C=N–C) groups is 1. The Bertz CT molecular complexity index is 621. The van der Waals surface area contributed by atoms with E-state index >= 15 is 0 Å². The van der Waals surface area contributed by atoms with Crippen molar-refractivity contribution >= 4 is 17.3 Å². The van der Waals surface area contributed by atoms with Gasteiger partial charge in [-0.25, -0.2) is 4.98 Å². The molecule has 132 valence electrons. The van der Waals surface area contributed by atoms with Crippen molar-refractivity contribution in [1.82, 2.24) is 20.5 Å². The van der Waals surface area contributed by atoms with Crippen LogP contribution in [-0.4, -0.2) is 50.1 Å². The minimum atomic E-state index is 0.157. The van der Waals surface area contributed by atoms with Gasteiger partial charge < -0.3 is 15.1 Å². The summed E-state index contributed by atoms with van der Waals surface area (Å²) in [7, 11) is 5.86. The second-order valence-electron chi connectivity index (χ2n) is 5.70. The fourth-order valence-corrected chi connectivity index (χ4v) is 3.21. The van der Waals surface area contributed by atoms with Gasteiger partial charge in [-0.05, 0) is 32.6 Å². The summed E-state index contributed by atoms with van der Waals surface area (Å²) in [5, 5.41) is 7.87. The Kier molecular flexibility index (Phi) is 7.27. The molecule has 2 N–H and O–H groups in total. The van der Waals surface area contributed by atoms with Crippen LogP contribution in [0.1, 0.15) is 28.6 Å². The molecule has 0 aromatic carbocycles. The van der Waals surface area contributed by atoms with Crippen molar-refractivity contribution in [3.8, 4) is 0 Å². The van der Waals surface area contributed by atoms with E-state index in [1.54, 1.807) is 24.6 Å². The average Bonchev–Trinajstić information content (AvgIpc) is 3.24. The maximum Gasteiger partial charge on any atom is 0.191 e. The van der Waals surface area contributed by atoms with Gasteiger partial charge in [-0.15, -0.1) is 11.3 Å². The van der Waals surface area contributed by atoms with Gasteiger partial charge in [0.15, 0.2) is 5.96 Å². The van der Waals surface area contributed by atoms with E-state index in [1.807, 2.05) is 32.4 Å². The molecule has 0 radical (unpaired) electrons. The quantitative estimate of drug-likeness (QED) is 0.565. The van der Waals surface area contributed by atoms with Crippen molar-refractivity contribution in [2.24, 2.45) is 4.99 Å². The van der Waals surface area contributed by atoms with E-state index in [9.17, 15) is 0 Å². The molecule has 2 aromatic heterocycles. The second-order valence-corrected chi connectivity index (χ2v) is 6.90. The summed E-state index contributed by atoms with van der Waals surface area (Å²) in [5.41, 5.74) is 0. The molecule has 2 heterocycles. The zero-order valence-electron chi connectivity index (χ0n) is 14.9. The number of hydrogen-bond donors (Lipinski definition) is 2. The Morgan fingerprint density at radius 1 is 1.42 bits per heavy atom. The summed E-state index contributed by atoms with van der Waals surface area (Å²) in [6, 6.07) is 4.07. The number of furan rings is 1. The monoisotopic (exact) mass is 349 g/mol. The number of rotatable bonds is 8. The summed E-state index contributed by atoms with van der Waals surface area (Å²) < 4.78 is 5.53. The van der Waals surface area contributed by atoms with E-state index in [0.717, 1.165) is 42.7 Å². The molecule has 1 unspecified atom stereocenters. The minimum absolute atomic E-state index is 0.157. The number of aryl methyl sites for hydroxylation is 1. The fourth-order valence-electron chi connectivity index (χ4n) is 2.35. The zero-order chi connectivity index (χ0) is 17.4. The van der Waals surface area contributed by atoms with E-state index in [1.165, 1.54) is 4.88 Å². The molecule has 2 aromatic rings. The predicted octanol–water partition coefficient (Wildman–Crippen LogP) is 2.31. The van der Waals surface area contributed by atoms with E-state index in [2.05, 4.69) is 32.4 Å². The molecule has 0 aliphatic heterocycles. The Morgan fingerprint density at radius 3 is 2.83 bits per heavy atom. The lowest BCUT2D eigenvalue weighted by Gasteiger charge is -2.23. The summed E-state index contributed by atoms with van der Waals surface area (Å²) in [6.07, 6.45) is 5.63. The van der Waals surface area contributed by atoms with Crippen LogP contribution in [0, 0.1) is 0 Å². The SMILES string of the molecule is CCc1cnc(CCNC(=NC)NCC(c2ccco2)N(C)C)s1. The molecule has 1 atom stereocenters. The van der Waals surface area contributed by atoms with Gasteiger partial charge in [0.05, 0.1) is 17.3 Å². The molecule has 24 heavy (non-hydrogen) atoms. The number of hydrogen-bond acceptors (Lipinski definition) is 5. The summed E-state index contributed by atoms with van der Waals surface area (Å²) >= 11 is 1.78. The smallest absolute Gasteiger partial charge is 0.191 e. The molecule has 0 fully saturated rings. The first kappa shape index (κ1) is 18.5. The van der Waals surface area contributed by atoms with E-state index in [4.69, 9.17) is 4.42 Å². The second kappa shape index (κ2) is 9.44. The molecule has 0 saturated heterocycles. The molecular weight excluding hydrogens is 322 g/mol. The molecule has 0 bridgehead atoms. The number of nitrogens with one attached hydrogen (secondary N) is 2. The van der Waals surface area contributed by atoms with Crippen LogP contribution in [0.2, 0.25) is 0 Å². The van der Waals surface area contributed by atoms with Crippen molar-refractivity contribution in [2.45, 2.75) is 25.8 Å². The van der Waals surface area contributed by atoms with E-state index in [0.29, 0.717) is 0 Å². The number of likely N-dealkylation sites (N-methyl/N-ethyl adjacent to an activating group) is 1. The van der Waals surface area contributed by atoms with Gasteiger partial charge in [0.25, 0.3) is 0 Å². The van der Waals surface area contributed by atoms with Crippen molar-refractivity contribution < 1.29 is 4.42 Å². The highest BCUT2D eigenvalue weighted by atomic mass is 32.1. The van der Waals surface area contributed by atoms with Gasteiger partial charge in [-0.1, -0.05) is 6.92 Å². The van der Waals surface area contributed by atoms with Gasteiger partial charge >= 0.3 is 0 Å². The maximum atomic E-state index is 5.53. The fraction of sp³-hybridized carbons (Fsp3) is 0.529. The molecule has 7 heteroatoms. The normalized spacial score (nSPS) is 13.3. The van der Waals surface area contributed by atoms with Gasteiger partial charge in [0.1, 0.15) is 5.76 Å². The van der Waals surface area contributed by atoms with Crippen LogP contribution >= 0.6 is 11.3 Å². The Balaban J connectivity index is 1.79. The number of nitrogens with zero attached hydrogens (tertiary/aromatic N) is 3. The Labute approximate surface area is 148 Å². The molecule has 0 spiro atoms. The molecule has 6 nitrogen and oxygen atoms in total. The lowest BCUT2D eigenvalue weighted by molar-refractivity contribution is 0.258. The predicted molar refractivity (Wildman–Crippen MR) is 99.7 cm³/mol. The largest absolute Gasteiger partial charge is 0.468 e. The van der Waals surface area contributed by atoms with Crippen LogP contribution in [0.5, 0.6) is 0 Å². The van der Waals surface area contributed by atoms with Gasteiger partial charge in [-0.3, -0.25) is 9.89 Å². The molecule has 0 amide bonds. The van der Waals surface area contributed by atoms with Crippen molar-refractivity contribution in [3.63, 3.8) is 0 Å². The Morgan fingerprint density at radius 2 is 2.25 bits per heavy atom. The molecular formula is C17H27N5OS. The average molecular weight is 350 g/mol. The molecule has 2 rings (SSSR count). The molecule has 0 aliphatic rings. The van der Waals surface area contributed by atoms with Gasteiger partial charge in [-0.2, -0.15) is 0 Å². The highest BCUT2D eigenvalue weighted by Crippen LogP contribution is 2.17. The summed E-state index contributed by atoms with van der Waals surface area (Å²) in [4.78, 5) is 12.2. The van der Waals surface area contributed by atoms with Crippen LogP contribution < -0.4 is 10.6 Å². The summed E-state index contributed by atoms with van der Waals surface area (Å²) in [6.45, 7) is 3.68. The van der Waals surface area contributed by atoms with Crippen LogP contribution in [0.15, 0.2) is 34.0 Å². The van der Waals surface area contributed by atoms with Crippen LogP contribution in [0.3, 0.4) is 0 Å². The molecule has 0 aliphatic carbocycles. The lowest BCUT2D eigenvalue weighted by Crippen LogP contribution is -2.42. The third-order valence-corrected chi connectivity index (χ3v) is 4.96. The summed E-state index contributed by atoms with van der Waals surface area (Å²) in [5.74, 6) is 1.73. The van der Waals surface area contributed by atoms with Gasteiger partial charge in [0, 0.05) is 37.6 Å². The number of guanidine groups is 1.